The predicted molar refractivity (Wildman–Crippen MR) is 110 cm³/mol. The van der Waals surface area contributed by atoms with E-state index in [-0.39, 0.29) is 5.91 Å². The number of fused-ring (bicyclic) bond motifs is 1. The Morgan fingerprint density at radius 2 is 1.81 bits per heavy atom. The minimum absolute atomic E-state index is 0.0476. The summed E-state index contributed by atoms with van der Waals surface area (Å²) in [4.78, 5) is 18.3. The largest absolute Gasteiger partial charge is 0.497 e. The highest BCUT2D eigenvalue weighted by molar-refractivity contribution is 7.99. The maximum atomic E-state index is 12.0. The number of pyridine rings is 1. The van der Waals surface area contributed by atoms with Gasteiger partial charge < -0.3 is 14.4 Å². The van der Waals surface area contributed by atoms with E-state index in [1.807, 2.05) is 36.4 Å². The third-order valence-corrected chi connectivity index (χ3v) is 5.10. The molecule has 140 valence electrons. The summed E-state index contributed by atoms with van der Waals surface area (Å²) in [6.45, 7) is 0. The van der Waals surface area contributed by atoms with Crippen LogP contribution in [0.2, 0.25) is 0 Å². The fourth-order valence-corrected chi connectivity index (χ4v) is 3.64. The Kier molecular flexibility index (Phi) is 5.86. The van der Waals surface area contributed by atoms with Crippen molar-refractivity contribution < 1.29 is 14.3 Å². The number of nitrogens with zero attached hydrogens (tertiary/aromatic N) is 2. The molecule has 5 nitrogen and oxygen atoms in total. The molecule has 1 aromatic heterocycles. The summed E-state index contributed by atoms with van der Waals surface area (Å²) in [5.41, 5.74) is 2.85. The highest BCUT2D eigenvalue weighted by Crippen LogP contribution is 2.39. The molecule has 0 spiro atoms. The van der Waals surface area contributed by atoms with E-state index in [9.17, 15) is 4.79 Å². The van der Waals surface area contributed by atoms with Gasteiger partial charge in [-0.25, -0.2) is 4.98 Å². The van der Waals surface area contributed by atoms with Crippen molar-refractivity contribution in [2.75, 3.05) is 34.1 Å². The molecule has 0 bridgehead atoms. The topological polar surface area (TPSA) is 51.7 Å². The summed E-state index contributed by atoms with van der Waals surface area (Å²) in [7, 11) is 6.76. The van der Waals surface area contributed by atoms with Crippen LogP contribution in [-0.4, -0.2) is 49.9 Å². The van der Waals surface area contributed by atoms with Crippen LogP contribution in [0.5, 0.6) is 11.5 Å². The Bertz CT molecular complexity index is 959. The summed E-state index contributed by atoms with van der Waals surface area (Å²) in [6.07, 6.45) is 0. The van der Waals surface area contributed by atoms with Gasteiger partial charge in [0.15, 0.2) is 0 Å². The van der Waals surface area contributed by atoms with E-state index >= 15 is 0 Å². The van der Waals surface area contributed by atoms with Gasteiger partial charge in [-0.3, -0.25) is 4.79 Å². The van der Waals surface area contributed by atoms with Crippen LogP contribution < -0.4 is 9.47 Å². The van der Waals surface area contributed by atoms with Gasteiger partial charge in [0.25, 0.3) is 0 Å². The maximum absolute atomic E-state index is 12.0. The second-order valence-electron chi connectivity index (χ2n) is 6.17. The van der Waals surface area contributed by atoms with Gasteiger partial charge in [-0.15, -0.1) is 0 Å². The van der Waals surface area contributed by atoms with E-state index < -0.39 is 0 Å². The zero-order chi connectivity index (χ0) is 19.4. The second-order valence-corrected chi connectivity index (χ2v) is 7.17. The van der Waals surface area contributed by atoms with Gasteiger partial charge >= 0.3 is 0 Å². The first-order chi connectivity index (χ1) is 13.0. The average molecular weight is 382 g/mol. The molecular formula is C21H22N2O3S. The number of ether oxygens (including phenoxy) is 2. The number of carbonyl (C=O) groups is 1. The Labute approximate surface area is 163 Å². The fraction of sp³-hybridized carbons (Fsp3) is 0.238. The molecule has 6 heteroatoms. The molecule has 1 heterocycles. The molecule has 0 N–H and O–H groups in total. The zero-order valence-electron chi connectivity index (χ0n) is 15.9. The number of amides is 1. The summed E-state index contributed by atoms with van der Waals surface area (Å²) in [6, 6.07) is 15.9. The van der Waals surface area contributed by atoms with E-state index in [0.29, 0.717) is 17.3 Å². The number of methoxy groups -OCH3 is 2. The smallest absolute Gasteiger partial charge is 0.232 e. The second kappa shape index (κ2) is 8.31. The molecular weight excluding hydrogens is 360 g/mol. The Balaban J connectivity index is 2.17. The van der Waals surface area contributed by atoms with E-state index in [2.05, 4.69) is 12.1 Å². The number of thioether (sulfide) groups is 1. The summed E-state index contributed by atoms with van der Waals surface area (Å²) < 4.78 is 11.0. The van der Waals surface area contributed by atoms with Gasteiger partial charge in [-0.1, -0.05) is 42.1 Å². The number of benzene rings is 2. The van der Waals surface area contributed by atoms with Crippen LogP contribution in [0.25, 0.3) is 22.0 Å². The highest BCUT2D eigenvalue weighted by atomic mass is 32.2. The summed E-state index contributed by atoms with van der Waals surface area (Å²) >= 11 is 1.42. The molecule has 0 saturated carbocycles. The zero-order valence-corrected chi connectivity index (χ0v) is 16.7. The lowest BCUT2D eigenvalue weighted by Crippen LogP contribution is -2.23. The predicted octanol–water partition coefficient (Wildman–Crippen LogP) is 4.10. The summed E-state index contributed by atoms with van der Waals surface area (Å²) in [5, 5.41) is 1.71. The van der Waals surface area contributed by atoms with Crippen LogP contribution >= 0.6 is 11.8 Å². The van der Waals surface area contributed by atoms with E-state index in [1.165, 1.54) is 11.8 Å². The lowest BCUT2D eigenvalue weighted by Gasteiger charge is -2.15. The van der Waals surface area contributed by atoms with Gasteiger partial charge in [0.2, 0.25) is 5.91 Å². The van der Waals surface area contributed by atoms with Crippen molar-refractivity contribution in [3.05, 3.63) is 48.5 Å². The Morgan fingerprint density at radius 1 is 1.07 bits per heavy atom. The lowest BCUT2D eigenvalue weighted by molar-refractivity contribution is -0.125. The Morgan fingerprint density at radius 3 is 2.44 bits per heavy atom. The van der Waals surface area contributed by atoms with Crippen molar-refractivity contribution in [1.82, 2.24) is 9.88 Å². The third kappa shape index (κ3) is 4.17. The molecule has 3 aromatic rings. The normalized spacial score (nSPS) is 10.7. The SMILES string of the molecule is COc1cc(OC)c2c(-c3ccccc3)cc(SCC(=O)N(C)C)nc2c1. The lowest BCUT2D eigenvalue weighted by atomic mass is 10.0. The first-order valence-electron chi connectivity index (χ1n) is 8.48. The van der Waals surface area contributed by atoms with E-state index in [1.54, 1.807) is 33.2 Å². The number of aromatic nitrogens is 1. The van der Waals surface area contributed by atoms with Gasteiger partial charge in [-0.05, 0) is 17.2 Å². The molecule has 3 rings (SSSR count). The van der Waals surface area contributed by atoms with E-state index in [0.717, 1.165) is 27.1 Å². The van der Waals surface area contributed by atoms with Crippen LogP contribution in [0.3, 0.4) is 0 Å². The molecule has 0 fully saturated rings. The molecule has 0 radical (unpaired) electrons. The maximum Gasteiger partial charge on any atom is 0.232 e. The number of hydrogen-bond donors (Lipinski definition) is 0. The molecule has 0 unspecified atom stereocenters. The fourth-order valence-electron chi connectivity index (χ4n) is 2.74. The van der Waals surface area contributed by atoms with E-state index in [4.69, 9.17) is 14.5 Å². The summed E-state index contributed by atoms with van der Waals surface area (Å²) in [5.74, 6) is 1.77. The molecule has 27 heavy (non-hydrogen) atoms. The number of hydrogen-bond acceptors (Lipinski definition) is 5. The van der Waals surface area contributed by atoms with Crippen molar-refractivity contribution >= 4 is 28.6 Å². The van der Waals surface area contributed by atoms with Crippen molar-refractivity contribution in [1.29, 1.82) is 0 Å². The van der Waals surface area contributed by atoms with Crippen molar-refractivity contribution in [3.63, 3.8) is 0 Å². The molecule has 0 aliphatic rings. The molecule has 0 atom stereocenters. The van der Waals surface area contributed by atoms with Gasteiger partial charge in [0.1, 0.15) is 11.5 Å². The van der Waals surface area contributed by atoms with Crippen LogP contribution in [-0.2, 0) is 4.79 Å². The average Bonchev–Trinajstić information content (AvgIpc) is 2.70. The third-order valence-electron chi connectivity index (χ3n) is 4.21. The van der Waals surface area contributed by atoms with Gasteiger partial charge in [-0.2, -0.15) is 0 Å². The van der Waals surface area contributed by atoms with Crippen molar-refractivity contribution in [2.45, 2.75) is 5.03 Å². The van der Waals surface area contributed by atoms with Crippen molar-refractivity contribution in [3.8, 4) is 22.6 Å². The monoisotopic (exact) mass is 382 g/mol. The standard InChI is InChI=1S/C21H22N2O3S/c1-23(2)20(24)13-27-19-12-16(14-8-6-5-7-9-14)21-17(22-19)10-15(25-3)11-18(21)26-4/h5-12H,13H2,1-4H3. The number of rotatable bonds is 6. The molecule has 0 saturated heterocycles. The molecule has 0 aliphatic heterocycles. The Hall–Kier alpha value is -2.73. The van der Waals surface area contributed by atoms with Crippen LogP contribution in [0.4, 0.5) is 0 Å². The number of carbonyl (C=O) groups excluding carboxylic acids is 1. The van der Waals surface area contributed by atoms with Crippen LogP contribution in [0.1, 0.15) is 0 Å². The minimum atomic E-state index is 0.0476. The molecule has 0 aliphatic carbocycles. The van der Waals surface area contributed by atoms with Gasteiger partial charge in [0.05, 0.1) is 35.9 Å². The molecule has 1 amide bonds. The van der Waals surface area contributed by atoms with Crippen molar-refractivity contribution in [2.24, 2.45) is 0 Å². The quantitative estimate of drug-likeness (QED) is 0.601. The molecule has 2 aromatic carbocycles. The minimum Gasteiger partial charge on any atom is -0.497 e. The first-order valence-corrected chi connectivity index (χ1v) is 9.47. The first kappa shape index (κ1) is 19.0. The van der Waals surface area contributed by atoms with Crippen LogP contribution in [0.15, 0.2) is 53.6 Å². The van der Waals surface area contributed by atoms with Gasteiger partial charge in [0, 0.05) is 26.2 Å². The highest BCUT2D eigenvalue weighted by Gasteiger charge is 2.15. The van der Waals surface area contributed by atoms with Crippen LogP contribution in [0, 0.1) is 0 Å².